The molecule has 3 aromatic carbocycles. The van der Waals surface area contributed by atoms with Crippen molar-refractivity contribution in [1.29, 1.82) is 0 Å². The minimum atomic E-state index is -0.362. The number of hydrogen-bond donors (Lipinski definition) is 1. The van der Waals surface area contributed by atoms with Gasteiger partial charge in [0.2, 0.25) is 0 Å². The number of ether oxygens (including phenoxy) is 1. The summed E-state index contributed by atoms with van der Waals surface area (Å²) in [6.07, 6.45) is 0. The van der Waals surface area contributed by atoms with E-state index in [1.165, 1.54) is 0 Å². The van der Waals surface area contributed by atoms with Crippen LogP contribution in [0.4, 0.5) is 0 Å². The van der Waals surface area contributed by atoms with Crippen LogP contribution in [0.3, 0.4) is 0 Å². The summed E-state index contributed by atoms with van der Waals surface area (Å²) in [7, 11) is 0. The molecule has 3 rings (SSSR count). The Hall–Kier alpha value is -2.63. The van der Waals surface area contributed by atoms with Gasteiger partial charge in [-0.05, 0) is 41.8 Å². The second-order valence-corrected chi connectivity index (χ2v) is 7.36. The van der Waals surface area contributed by atoms with Crippen LogP contribution in [0.15, 0.2) is 82.4 Å². The van der Waals surface area contributed by atoms with Crippen LogP contribution in [0.2, 0.25) is 5.02 Å². The van der Waals surface area contributed by atoms with Crippen molar-refractivity contribution >= 4 is 39.1 Å². The van der Waals surface area contributed by atoms with Gasteiger partial charge < -0.3 is 4.74 Å². The lowest BCUT2D eigenvalue weighted by Gasteiger charge is -2.08. The topological polar surface area (TPSA) is 50.7 Å². The van der Waals surface area contributed by atoms with Gasteiger partial charge in [-0.3, -0.25) is 4.79 Å². The average Bonchev–Trinajstić information content (AvgIpc) is 2.72. The third-order valence-electron chi connectivity index (χ3n) is 4.01. The molecule has 142 valence electrons. The molecule has 6 heteroatoms. The van der Waals surface area contributed by atoms with Crippen LogP contribution in [0.5, 0.6) is 5.75 Å². The number of amides is 1. The molecule has 0 unspecified atom stereocenters. The maximum atomic E-state index is 12.0. The maximum absolute atomic E-state index is 12.0. The molecule has 0 aliphatic carbocycles. The largest absolute Gasteiger partial charge is 0.482 e. The van der Waals surface area contributed by atoms with E-state index < -0.39 is 0 Å². The fourth-order valence-electron chi connectivity index (χ4n) is 2.51. The van der Waals surface area contributed by atoms with Gasteiger partial charge in [-0.1, -0.05) is 82.1 Å². The number of rotatable bonds is 6. The smallest absolute Gasteiger partial charge is 0.277 e. The summed E-state index contributed by atoms with van der Waals surface area (Å²) < 4.78 is 6.26. The molecule has 4 nitrogen and oxygen atoms in total. The van der Waals surface area contributed by atoms with E-state index in [0.29, 0.717) is 16.5 Å². The number of nitrogens with zero attached hydrogens (tertiary/aromatic N) is 1. The molecule has 0 saturated heterocycles. The van der Waals surface area contributed by atoms with Crippen molar-refractivity contribution in [2.75, 3.05) is 6.61 Å². The Balaban J connectivity index is 1.56. The Bertz CT molecular complexity index is 989. The number of benzene rings is 3. The molecule has 3 aromatic rings. The first-order valence-electron chi connectivity index (χ1n) is 8.60. The first-order chi connectivity index (χ1) is 13.5. The summed E-state index contributed by atoms with van der Waals surface area (Å²) in [4.78, 5) is 12.0. The third kappa shape index (κ3) is 5.44. The molecular formula is C22H18BrClN2O2. The fraction of sp³-hybridized carbons (Fsp3) is 0.0909. The Morgan fingerprint density at radius 2 is 1.71 bits per heavy atom. The van der Waals surface area contributed by atoms with Crippen LogP contribution < -0.4 is 10.2 Å². The molecule has 0 atom stereocenters. The van der Waals surface area contributed by atoms with E-state index in [0.717, 1.165) is 21.2 Å². The number of nitrogens with one attached hydrogen (secondary N) is 1. The maximum Gasteiger partial charge on any atom is 0.277 e. The molecule has 0 radical (unpaired) electrons. The summed E-state index contributed by atoms with van der Waals surface area (Å²) in [5.74, 6) is 0.0801. The predicted molar refractivity (Wildman–Crippen MR) is 117 cm³/mol. The average molecular weight is 458 g/mol. The number of hydrogen-bond acceptors (Lipinski definition) is 3. The second kappa shape index (κ2) is 9.53. The van der Waals surface area contributed by atoms with E-state index >= 15 is 0 Å². The van der Waals surface area contributed by atoms with Crippen molar-refractivity contribution in [1.82, 2.24) is 5.43 Å². The molecule has 0 saturated carbocycles. The number of carbonyl (C=O) groups excluding carboxylic acids is 1. The second-order valence-electron chi connectivity index (χ2n) is 6.04. The number of carbonyl (C=O) groups is 1. The highest BCUT2D eigenvalue weighted by molar-refractivity contribution is 9.10. The minimum Gasteiger partial charge on any atom is -0.482 e. The van der Waals surface area contributed by atoms with Gasteiger partial charge in [0.05, 0.1) is 10.7 Å². The zero-order chi connectivity index (χ0) is 19.9. The van der Waals surface area contributed by atoms with E-state index in [1.54, 1.807) is 18.2 Å². The Morgan fingerprint density at radius 3 is 2.39 bits per heavy atom. The molecule has 0 fully saturated rings. The van der Waals surface area contributed by atoms with Crippen molar-refractivity contribution in [2.45, 2.75) is 6.92 Å². The molecular weight excluding hydrogens is 440 g/mol. The van der Waals surface area contributed by atoms with E-state index in [9.17, 15) is 4.79 Å². The third-order valence-corrected chi connectivity index (χ3v) is 4.80. The van der Waals surface area contributed by atoms with Gasteiger partial charge in [0.25, 0.3) is 5.91 Å². The lowest BCUT2D eigenvalue weighted by molar-refractivity contribution is -0.123. The standard InChI is InChI=1S/C22H18BrClN2O2/c1-15(16-7-9-18(10-8-16)17-5-3-2-4-6-17)25-26-22(27)14-28-21-12-11-19(23)13-20(21)24/h2-13H,14H2,1H3,(H,26,27). The van der Waals surface area contributed by atoms with Gasteiger partial charge in [0.15, 0.2) is 6.61 Å². The van der Waals surface area contributed by atoms with E-state index in [-0.39, 0.29) is 12.5 Å². The van der Waals surface area contributed by atoms with Crippen LogP contribution in [0.1, 0.15) is 12.5 Å². The van der Waals surface area contributed by atoms with Crippen molar-refractivity contribution in [2.24, 2.45) is 5.10 Å². The van der Waals surface area contributed by atoms with Gasteiger partial charge in [-0.2, -0.15) is 5.10 Å². The fourth-order valence-corrected chi connectivity index (χ4v) is 3.24. The number of hydrazone groups is 1. The van der Waals surface area contributed by atoms with Crippen LogP contribution in [-0.4, -0.2) is 18.2 Å². The minimum absolute atomic E-state index is 0.176. The molecule has 0 bridgehead atoms. The first-order valence-corrected chi connectivity index (χ1v) is 9.77. The summed E-state index contributed by atoms with van der Waals surface area (Å²) in [5, 5.41) is 4.57. The molecule has 0 heterocycles. The zero-order valence-corrected chi connectivity index (χ0v) is 17.5. The summed E-state index contributed by atoms with van der Waals surface area (Å²) >= 11 is 9.38. The summed E-state index contributed by atoms with van der Waals surface area (Å²) in [5.41, 5.74) is 6.41. The zero-order valence-electron chi connectivity index (χ0n) is 15.2. The molecule has 0 aliphatic heterocycles. The number of halogens is 2. The predicted octanol–water partition coefficient (Wildman–Crippen LogP) is 5.69. The quantitative estimate of drug-likeness (QED) is 0.382. The lowest BCUT2D eigenvalue weighted by Crippen LogP contribution is -2.25. The Labute approximate surface area is 177 Å². The highest BCUT2D eigenvalue weighted by atomic mass is 79.9. The van der Waals surface area contributed by atoms with Gasteiger partial charge >= 0.3 is 0 Å². The monoisotopic (exact) mass is 456 g/mol. The van der Waals surface area contributed by atoms with Crippen molar-refractivity contribution in [3.8, 4) is 16.9 Å². The molecule has 0 aromatic heterocycles. The van der Waals surface area contributed by atoms with E-state index in [2.05, 4.69) is 38.6 Å². The van der Waals surface area contributed by atoms with Gasteiger partial charge in [-0.25, -0.2) is 5.43 Å². The lowest BCUT2D eigenvalue weighted by atomic mass is 10.0. The molecule has 0 spiro atoms. The van der Waals surface area contributed by atoms with Gasteiger partial charge in [-0.15, -0.1) is 0 Å². The van der Waals surface area contributed by atoms with E-state index in [1.807, 2.05) is 49.4 Å². The molecule has 1 amide bonds. The molecule has 0 aliphatic rings. The van der Waals surface area contributed by atoms with Gasteiger partial charge in [0, 0.05) is 4.47 Å². The van der Waals surface area contributed by atoms with Crippen LogP contribution in [0.25, 0.3) is 11.1 Å². The Morgan fingerprint density at radius 1 is 1.04 bits per heavy atom. The highest BCUT2D eigenvalue weighted by Gasteiger charge is 2.07. The SMILES string of the molecule is CC(=NNC(=O)COc1ccc(Br)cc1Cl)c1ccc(-c2ccccc2)cc1. The van der Waals surface area contributed by atoms with Crippen molar-refractivity contribution in [3.63, 3.8) is 0 Å². The summed E-state index contributed by atoms with van der Waals surface area (Å²) in [6.45, 7) is 1.66. The highest BCUT2D eigenvalue weighted by Crippen LogP contribution is 2.27. The van der Waals surface area contributed by atoms with Crippen LogP contribution in [-0.2, 0) is 4.79 Å². The van der Waals surface area contributed by atoms with Gasteiger partial charge in [0.1, 0.15) is 5.75 Å². The van der Waals surface area contributed by atoms with Crippen LogP contribution >= 0.6 is 27.5 Å². The van der Waals surface area contributed by atoms with Crippen LogP contribution in [0, 0.1) is 0 Å². The van der Waals surface area contributed by atoms with Crippen molar-refractivity contribution < 1.29 is 9.53 Å². The Kier molecular flexibility index (Phi) is 6.85. The molecule has 28 heavy (non-hydrogen) atoms. The van der Waals surface area contributed by atoms with E-state index in [4.69, 9.17) is 16.3 Å². The first kappa shape index (κ1) is 20.1. The summed E-state index contributed by atoms with van der Waals surface area (Å²) in [6, 6.07) is 23.3. The normalized spacial score (nSPS) is 11.2. The van der Waals surface area contributed by atoms with Crippen molar-refractivity contribution in [3.05, 3.63) is 87.9 Å². The molecule has 1 N–H and O–H groups in total.